The fourth-order valence-electron chi connectivity index (χ4n) is 4.47. The number of hydrogen-bond acceptors (Lipinski definition) is 7. The average molecular weight is 560 g/mol. The molecule has 4 aromatic carbocycles. The van der Waals surface area contributed by atoms with Gasteiger partial charge in [0, 0.05) is 18.5 Å². The molecule has 0 aliphatic rings. The van der Waals surface area contributed by atoms with Crippen molar-refractivity contribution in [2.45, 2.75) is 18.7 Å². The summed E-state index contributed by atoms with van der Waals surface area (Å²) in [5, 5.41) is 23.6. The minimum Gasteiger partial charge on any atom is -0.505 e. The summed E-state index contributed by atoms with van der Waals surface area (Å²) in [6, 6.07) is 23.9. The lowest BCUT2D eigenvalue weighted by Crippen LogP contribution is -2.40. The molecule has 208 valence electrons. The molecule has 0 atom stereocenters. The number of azo groups is 1. The normalized spacial score (nSPS) is 12.3. The van der Waals surface area contributed by atoms with Crippen LogP contribution in [0.3, 0.4) is 0 Å². The van der Waals surface area contributed by atoms with E-state index in [0.717, 1.165) is 0 Å². The molecule has 10 heteroatoms. The van der Waals surface area contributed by atoms with Crippen LogP contribution >= 0.6 is 0 Å². The van der Waals surface area contributed by atoms with Crippen LogP contribution in [0.2, 0.25) is 0 Å². The summed E-state index contributed by atoms with van der Waals surface area (Å²) in [7, 11) is -0.103. The van der Waals surface area contributed by atoms with Gasteiger partial charge in [0.1, 0.15) is 10.6 Å². The summed E-state index contributed by atoms with van der Waals surface area (Å²) in [6.07, 6.45) is 0. The second-order valence-corrected chi connectivity index (χ2v) is 12.3. The van der Waals surface area contributed by atoms with Gasteiger partial charge in [-0.15, -0.1) is 5.11 Å². The molecule has 0 saturated carbocycles. The molecule has 1 amide bonds. The molecular formula is C30H33N5O4S. The summed E-state index contributed by atoms with van der Waals surface area (Å²) in [6.45, 7) is 4.83. The molecule has 4 aromatic rings. The van der Waals surface area contributed by atoms with Gasteiger partial charge < -0.3 is 15.3 Å². The summed E-state index contributed by atoms with van der Waals surface area (Å²) >= 11 is 0. The van der Waals surface area contributed by atoms with Crippen LogP contribution in [0.15, 0.2) is 100 Å². The number of carbonyl (C=O) groups is 1. The lowest BCUT2D eigenvalue weighted by molar-refractivity contribution is 0.102. The molecule has 0 spiro atoms. The molecule has 0 saturated heterocycles. The van der Waals surface area contributed by atoms with Crippen molar-refractivity contribution in [1.29, 1.82) is 0 Å². The van der Waals surface area contributed by atoms with E-state index in [-0.39, 0.29) is 39.5 Å². The predicted molar refractivity (Wildman–Crippen MR) is 158 cm³/mol. The lowest BCUT2D eigenvalue weighted by Gasteiger charge is -2.28. The van der Waals surface area contributed by atoms with E-state index in [4.69, 9.17) is 0 Å². The quantitative estimate of drug-likeness (QED) is 0.203. The highest BCUT2D eigenvalue weighted by molar-refractivity contribution is 7.89. The zero-order valence-corrected chi connectivity index (χ0v) is 23.7. The lowest BCUT2D eigenvalue weighted by atomic mass is 9.93. The van der Waals surface area contributed by atoms with Crippen molar-refractivity contribution in [3.8, 4) is 5.75 Å². The molecule has 3 N–H and O–H groups in total. The molecule has 40 heavy (non-hydrogen) atoms. The number of sulfonamides is 1. The van der Waals surface area contributed by atoms with E-state index in [1.54, 1.807) is 48.5 Å². The first-order chi connectivity index (χ1) is 19.0. The minimum absolute atomic E-state index is 0.0620. The van der Waals surface area contributed by atoms with E-state index in [9.17, 15) is 18.3 Å². The number of fused-ring (bicyclic) bond motifs is 1. The SMILES string of the molecule is CN(C)CC(C)(C)CNS(=O)(=O)c1ccccc1NC(=O)c1cc2ccccc2c(/N=N/c2ccccc2)c1O. The van der Waals surface area contributed by atoms with Crippen molar-refractivity contribution in [3.63, 3.8) is 0 Å². The van der Waals surface area contributed by atoms with E-state index >= 15 is 0 Å². The number of hydrogen-bond donors (Lipinski definition) is 3. The zero-order chi connectivity index (χ0) is 28.9. The maximum Gasteiger partial charge on any atom is 0.259 e. The van der Waals surface area contributed by atoms with Crippen LogP contribution in [0.25, 0.3) is 10.8 Å². The molecule has 4 rings (SSSR count). The number of nitrogens with zero attached hydrogens (tertiary/aromatic N) is 3. The van der Waals surface area contributed by atoms with Crippen molar-refractivity contribution in [3.05, 3.63) is 90.5 Å². The first-order valence-corrected chi connectivity index (χ1v) is 14.2. The summed E-state index contributed by atoms with van der Waals surface area (Å²) in [5.74, 6) is -1.05. The number of benzene rings is 4. The number of phenols is 1. The number of carbonyl (C=O) groups excluding carboxylic acids is 1. The van der Waals surface area contributed by atoms with Crippen LogP contribution in [-0.4, -0.2) is 51.5 Å². The Morgan fingerprint density at radius 2 is 1.57 bits per heavy atom. The molecule has 0 aliphatic heterocycles. The smallest absolute Gasteiger partial charge is 0.259 e. The number of aromatic hydroxyl groups is 1. The van der Waals surface area contributed by atoms with Crippen LogP contribution in [-0.2, 0) is 10.0 Å². The van der Waals surface area contributed by atoms with Gasteiger partial charge in [-0.05, 0) is 55.2 Å². The number of rotatable bonds is 10. The molecule has 9 nitrogen and oxygen atoms in total. The van der Waals surface area contributed by atoms with Gasteiger partial charge in [0.2, 0.25) is 10.0 Å². The average Bonchev–Trinajstić information content (AvgIpc) is 2.91. The summed E-state index contributed by atoms with van der Waals surface area (Å²) in [5.41, 5.74) is 0.425. The van der Waals surface area contributed by atoms with Gasteiger partial charge in [0.15, 0.2) is 5.75 Å². The highest BCUT2D eigenvalue weighted by Crippen LogP contribution is 2.39. The zero-order valence-electron chi connectivity index (χ0n) is 22.9. The fraction of sp³-hybridized carbons (Fsp3) is 0.233. The van der Waals surface area contributed by atoms with Gasteiger partial charge in [-0.25, -0.2) is 13.1 Å². The molecule has 0 bridgehead atoms. The first-order valence-electron chi connectivity index (χ1n) is 12.7. The Balaban J connectivity index is 1.66. The molecular weight excluding hydrogens is 526 g/mol. The van der Waals surface area contributed by atoms with E-state index in [2.05, 4.69) is 20.3 Å². The Labute approximate surface area is 234 Å². The number of phenolic OH excluding ortho intramolecular Hbond substituents is 1. The highest BCUT2D eigenvalue weighted by Gasteiger charge is 2.26. The van der Waals surface area contributed by atoms with Gasteiger partial charge in [-0.2, -0.15) is 5.11 Å². The van der Waals surface area contributed by atoms with E-state index in [1.807, 2.05) is 57.1 Å². The van der Waals surface area contributed by atoms with Gasteiger partial charge >= 0.3 is 0 Å². The highest BCUT2D eigenvalue weighted by atomic mass is 32.2. The Morgan fingerprint density at radius 3 is 2.30 bits per heavy atom. The number of anilines is 1. The molecule has 0 fully saturated rings. The van der Waals surface area contributed by atoms with Gasteiger partial charge in [-0.3, -0.25) is 4.79 Å². The second kappa shape index (κ2) is 12.0. The van der Waals surface area contributed by atoms with Crippen molar-refractivity contribution in [2.75, 3.05) is 32.5 Å². The summed E-state index contributed by atoms with van der Waals surface area (Å²) in [4.78, 5) is 15.4. The van der Waals surface area contributed by atoms with Crippen molar-refractivity contribution in [2.24, 2.45) is 15.6 Å². The second-order valence-electron chi connectivity index (χ2n) is 10.6. The fourth-order valence-corrected chi connectivity index (χ4v) is 5.87. The third-order valence-electron chi connectivity index (χ3n) is 6.17. The van der Waals surface area contributed by atoms with Gasteiger partial charge in [-0.1, -0.05) is 68.4 Å². The van der Waals surface area contributed by atoms with E-state index < -0.39 is 15.9 Å². The van der Waals surface area contributed by atoms with E-state index in [1.165, 1.54) is 12.1 Å². The Kier molecular flexibility index (Phi) is 8.63. The van der Waals surface area contributed by atoms with Crippen LogP contribution in [0.1, 0.15) is 24.2 Å². The van der Waals surface area contributed by atoms with Crippen molar-refractivity contribution < 1.29 is 18.3 Å². The van der Waals surface area contributed by atoms with E-state index in [0.29, 0.717) is 23.0 Å². The number of para-hydroxylation sites is 1. The Hall–Kier alpha value is -4.12. The van der Waals surface area contributed by atoms with Crippen molar-refractivity contribution in [1.82, 2.24) is 9.62 Å². The van der Waals surface area contributed by atoms with Gasteiger partial charge in [0.25, 0.3) is 5.91 Å². The topological polar surface area (TPSA) is 123 Å². The maximum absolute atomic E-state index is 13.5. The Bertz CT molecular complexity index is 1650. The largest absolute Gasteiger partial charge is 0.505 e. The minimum atomic E-state index is -3.96. The van der Waals surface area contributed by atoms with Crippen LogP contribution in [0, 0.1) is 5.41 Å². The Morgan fingerprint density at radius 1 is 0.925 bits per heavy atom. The van der Waals surface area contributed by atoms with Crippen LogP contribution in [0.4, 0.5) is 17.1 Å². The molecule has 0 heterocycles. The standard InChI is InChI=1S/C30H33N5O4S/c1-30(2,20-35(3)4)19-31-40(38,39)26-17-11-10-16-25(26)32-29(37)24-18-21-12-8-9-15-23(21)27(28(24)36)34-33-22-13-6-5-7-14-22/h5-18,31,36H,19-20H2,1-4H3,(H,32,37)/b34-33+. The third kappa shape index (κ3) is 6.90. The molecule has 0 aliphatic carbocycles. The molecule has 0 aromatic heterocycles. The number of nitrogens with one attached hydrogen (secondary N) is 2. The molecule has 0 radical (unpaired) electrons. The number of amides is 1. The van der Waals surface area contributed by atoms with Crippen LogP contribution in [0.5, 0.6) is 5.75 Å². The maximum atomic E-state index is 13.5. The first kappa shape index (κ1) is 28.9. The molecule has 0 unspecified atom stereocenters. The van der Waals surface area contributed by atoms with Crippen molar-refractivity contribution >= 4 is 43.8 Å². The monoisotopic (exact) mass is 559 g/mol. The third-order valence-corrected chi connectivity index (χ3v) is 7.63. The summed E-state index contributed by atoms with van der Waals surface area (Å²) < 4.78 is 29.2. The van der Waals surface area contributed by atoms with Gasteiger partial charge in [0.05, 0.1) is 16.9 Å². The predicted octanol–water partition coefficient (Wildman–Crippen LogP) is 6.08. The van der Waals surface area contributed by atoms with Crippen LogP contribution < -0.4 is 10.0 Å².